The molecule has 160 valence electrons. The van der Waals surface area contributed by atoms with Crippen molar-refractivity contribution in [1.82, 2.24) is 9.66 Å². The summed E-state index contributed by atoms with van der Waals surface area (Å²) in [5.74, 6) is -0.0403. The molecule has 0 saturated heterocycles. The molecule has 9 nitrogen and oxygen atoms in total. The highest BCUT2D eigenvalue weighted by atomic mass is 35.5. The van der Waals surface area contributed by atoms with Gasteiger partial charge < -0.3 is 9.72 Å². The molecular weight excluding hydrogens is 436 g/mol. The number of ether oxygens (including phenoxy) is 1. The Labute approximate surface area is 185 Å². The zero-order chi connectivity index (χ0) is 22.7. The van der Waals surface area contributed by atoms with E-state index in [-0.39, 0.29) is 29.0 Å². The lowest BCUT2D eigenvalue weighted by Crippen LogP contribution is -2.32. The van der Waals surface area contributed by atoms with Crippen molar-refractivity contribution in [2.45, 2.75) is 6.61 Å². The van der Waals surface area contributed by atoms with Crippen molar-refractivity contribution in [3.05, 3.63) is 114 Å². The molecule has 0 saturated carbocycles. The number of aromatic nitrogens is 2. The first-order chi connectivity index (χ1) is 15.4. The molecule has 1 heterocycles. The number of fused-ring (bicyclic) bond motifs is 1. The maximum atomic E-state index is 12.6. The summed E-state index contributed by atoms with van der Waals surface area (Å²) in [6.07, 6.45) is 1.18. The highest BCUT2D eigenvalue weighted by Gasteiger charge is 2.19. The Morgan fingerprint density at radius 1 is 1.06 bits per heavy atom. The van der Waals surface area contributed by atoms with Crippen LogP contribution in [0.2, 0.25) is 5.02 Å². The van der Waals surface area contributed by atoms with Crippen molar-refractivity contribution in [1.29, 1.82) is 0 Å². The molecule has 4 aromatic rings. The fraction of sp³-hybridized carbons (Fsp3) is 0.0455. The first kappa shape index (κ1) is 21.0. The van der Waals surface area contributed by atoms with E-state index in [1.807, 2.05) is 0 Å². The minimum atomic E-state index is -0.737. The van der Waals surface area contributed by atoms with E-state index in [4.69, 9.17) is 16.3 Å². The second-order valence-electron chi connectivity index (χ2n) is 6.71. The lowest BCUT2D eigenvalue weighted by molar-refractivity contribution is -0.385. The molecule has 0 amide bonds. The normalized spacial score (nSPS) is 11.2. The van der Waals surface area contributed by atoms with Crippen molar-refractivity contribution in [2.24, 2.45) is 5.10 Å². The summed E-state index contributed by atoms with van der Waals surface area (Å²) in [7, 11) is 0. The van der Waals surface area contributed by atoms with Crippen molar-refractivity contribution in [2.75, 3.05) is 0 Å². The Hall–Kier alpha value is -4.24. The van der Waals surface area contributed by atoms with E-state index in [9.17, 15) is 19.7 Å². The lowest BCUT2D eigenvalue weighted by atomic mass is 10.2. The van der Waals surface area contributed by atoms with Crippen molar-refractivity contribution < 1.29 is 9.66 Å². The molecule has 10 heteroatoms. The van der Waals surface area contributed by atoms with E-state index in [0.717, 1.165) is 5.56 Å². The van der Waals surface area contributed by atoms with Crippen molar-refractivity contribution in [3.63, 3.8) is 0 Å². The highest BCUT2D eigenvalue weighted by Crippen LogP contribution is 2.30. The van der Waals surface area contributed by atoms with E-state index in [0.29, 0.717) is 15.2 Å². The number of nitro groups is 1. The van der Waals surface area contributed by atoms with Crippen molar-refractivity contribution in [3.8, 4) is 5.75 Å². The second-order valence-corrected chi connectivity index (χ2v) is 7.14. The van der Waals surface area contributed by atoms with Crippen LogP contribution in [0, 0.1) is 10.1 Å². The SMILES string of the molecule is O=c1[nH]c2ccccc2c(=O)n1N=Cc1cccc([N+](=O)[O-])c1OCc1ccc(Cl)cc1. The quantitative estimate of drug-likeness (QED) is 0.273. The second kappa shape index (κ2) is 8.86. The molecule has 0 radical (unpaired) electrons. The number of halogens is 1. The molecule has 1 aromatic heterocycles. The molecule has 32 heavy (non-hydrogen) atoms. The van der Waals surface area contributed by atoms with Gasteiger partial charge in [-0.25, -0.2) is 4.79 Å². The third-order valence-corrected chi connectivity index (χ3v) is 4.87. The summed E-state index contributed by atoms with van der Waals surface area (Å²) in [6, 6.07) is 17.7. The Morgan fingerprint density at radius 3 is 2.56 bits per heavy atom. The van der Waals surface area contributed by atoms with E-state index in [1.165, 1.54) is 24.4 Å². The number of hydrogen-bond acceptors (Lipinski definition) is 6. The van der Waals surface area contributed by atoms with Crippen LogP contribution in [0.1, 0.15) is 11.1 Å². The zero-order valence-electron chi connectivity index (χ0n) is 16.4. The van der Waals surface area contributed by atoms with Gasteiger partial charge in [-0.2, -0.15) is 5.10 Å². The van der Waals surface area contributed by atoms with Gasteiger partial charge in [-0.15, -0.1) is 4.68 Å². The molecule has 0 spiro atoms. The number of para-hydroxylation sites is 2. The summed E-state index contributed by atoms with van der Waals surface area (Å²) >= 11 is 5.88. The topological polar surface area (TPSA) is 120 Å². The van der Waals surface area contributed by atoms with Crippen LogP contribution in [0.15, 0.2) is 81.4 Å². The lowest BCUT2D eigenvalue weighted by Gasteiger charge is -2.10. The molecular formula is C22H15ClN4O5. The number of aromatic amines is 1. The summed E-state index contributed by atoms with van der Waals surface area (Å²) in [6.45, 7) is 0.0410. The fourth-order valence-corrected chi connectivity index (χ4v) is 3.18. The van der Waals surface area contributed by atoms with Crippen LogP contribution in [0.3, 0.4) is 0 Å². The van der Waals surface area contributed by atoms with Gasteiger partial charge in [0.25, 0.3) is 5.56 Å². The highest BCUT2D eigenvalue weighted by molar-refractivity contribution is 6.30. The molecule has 0 aliphatic rings. The number of rotatable bonds is 6. The predicted octanol–water partition coefficient (Wildman–Crippen LogP) is 3.71. The average Bonchev–Trinajstić information content (AvgIpc) is 2.78. The molecule has 0 aliphatic carbocycles. The third-order valence-electron chi connectivity index (χ3n) is 4.61. The number of nitro benzene ring substituents is 1. The smallest absolute Gasteiger partial charge is 0.349 e. The van der Waals surface area contributed by atoms with Gasteiger partial charge in [0.15, 0.2) is 0 Å². The van der Waals surface area contributed by atoms with Crippen LogP contribution in [-0.4, -0.2) is 20.8 Å². The van der Waals surface area contributed by atoms with Crippen LogP contribution in [0.4, 0.5) is 5.69 Å². The summed E-state index contributed by atoms with van der Waals surface area (Å²) in [5, 5.41) is 16.3. The van der Waals surface area contributed by atoms with Gasteiger partial charge in [0.1, 0.15) is 6.61 Å². The summed E-state index contributed by atoms with van der Waals surface area (Å²) in [5.41, 5.74) is -0.266. The summed E-state index contributed by atoms with van der Waals surface area (Å²) in [4.78, 5) is 38.5. The van der Waals surface area contributed by atoms with E-state index in [2.05, 4.69) is 10.1 Å². The van der Waals surface area contributed by atoms with Gasteiger partial charge in [-0.3, -0.25) is 14.9 Å². The number of H-pyrrole nitrogens is 1. The molecule has 3 aromatic carbocycles. The number of nitrogens with one attached hydrogen (secondary N) is 1. The molecule has 0 atom stereocenters. The minimum absolute atomic E-state index is 0.0403. The Kier molecular flexibility index (Phi) is 5.82. The Morgan fingerprint density at radius 2 is 1.81 bits per heavy atom. The number of benzene rings is 3. The fourth-order valence-electron chi connectivity index (χ4n) is 3.06. The van der Waals surface area contributed by atoms with Gasteiger partial charge in [-0.05, 0) is 35.9 Å². The molecule has 0 unspecified atom stereocenters. The van der Waals surface area contributed by atoms with Crippen LogP contribution in [-0.2, 0) is 6.61 Å². The third kappa shape index (κ3) is 4.28. The molecule has 1 N–H and O–H groups in total. The average molecular weight is 451 g/mol. The van der Waals surface area contributed by atoms with Gasteiger partial charge in [0.2, 0.25) is 5.75 Å². The first-order valence-electron chi connectivity index (χ1n) is 9.37. The van der Waals surface area contributed by atoms with Crippen LogP contribution in [0.5, 0.6) is 5.75 Å². The van der Waals surface area contributed by atoms with Gasteiger partial charge >= 0.3 is 11.4 Å². The molecule has 0 fully saturated rings. The number of hydrogen-bond donors (Lipinski definition) is 1. The maximum Gasteiger partial charge on any atom is 0.349 e. The van der Waals surface area contributed by atoms with Gasteiger partial charge in [-0.1, -0.05) is 41.9 Å². The molecule has 0 aliphatic heterocycles. The standard InChI is InChI=1S/C22H15ClN4O5/c23-16-10-8-14(9-11-16)13-32-20-15(4-3-7-19(20)27(30)31)12-24-26-21(28)17-5-1-2-6-18(17)25-22(26)29/h1-12H,13H2,(H,25,29). The van der Waals surface area contributed by atoms with Crippen LogP contribution in [0.25, 0.3) is 10.9 Å². The van der Waals surface area contributed by atoms with E-state index >= 15 is 0 Å². The molecule has 0 bridgehead atoms. The first-order valence-corrected chi connectivity index (χ1v) is 9.75. The van der Waals surface area contributed by atoms with Crippen LogP contribution < -0.4 is 16.0 Å². The zero-order valence-corrected chi connectivity index (χ0v) is 17.2. The van der Waals surface area contributed by atoms with Crippen LogP contribution >= 0.6 is 11.6 Å². The van der Waals surface area contributed by atoms with Crippen molar-refractivity contribution >= 4 is 34.4 Å². The maximum absolute atomic E-state index is 12.6. The number of nitrogens with zero attached hydrogens (tertiary/aromatic N) is 3. The van der Waals surface area contributed by atoms with E-state index in [1.54, 1.807) is 48.5 Å². The largest absolute Gasteiger partial charge is 0.481 e. The minimum Gasteiger partial charge on any atom is -0.481 e. The molecule has 4 rings (SSSR count). The van der Waals surface area contributed by atoms with E-state index < -0.39 is 16.2 Å². The Bertz CT molecular complexity index is 1460. The van der Waals surface area contributed by atoms with Gasteiger partial charge in [0, 0.05) is 16.7 Å². The Balaban J connectivity index is 1.73. The van der Waals surface area contributed by atoms with Gasteiger partial charge in [0.05, 0.1) is 22.0 Å². The summed E-state index contributed by atoms with van der Waals surface area (Å²) < 4.78 is 6.38. The predicted molar refractivity (Wildman–Crippen MR) is 121 cm³/mol. The monoisotopic (exact) mass is 450 g/mol.